The van der Waals surface area contributed by atoms with Crippen LogP contribution in [0.15, 0.2) is 42.5 Å². The number of halogens is 3. The lowest BCUT2D eigenvalue weighted by Crippen LogP contribution is -2.32. The van der Waals surface area contributed by atoms with Gasteiger partial charge in [0.15, 0.2) is 0 Å². The molecular formula is C21H21F3N2O3. The normalized spacial score (nSPS) is 16.8. The molecule has 3 rings (SSSR count). The molecule has 0 saturated carbocycles. The molecule has 154 valence electrons. The highest BCUT2D eigenvalue weighted by Gasteiger charge is 2.36. The summed E-state index contributed by atoms with van der Waals surface area (Å²) in [4.78, 5) is 26.5. The van der Waals surface area contributed by atoms with Crippen molar-refractivity contribution in [3.8, 4) is 5.75 Å². The Morgan fingerprint density at radius 3 is 2.69 bits per heavy atom. The number of hydrogen-bond donors (Lipinski definition) is 1. The van der Waals surface area contributed by atoms with Crippen molar-refractivity contribution in [2.75, 3.05) is 18.6 Å². The zero-order valence-electron chi connectivity index (χ0n) is 16.0. The van der Waals surface area contributed by atoms with E-state index >= 15 is 0 Å². The molecule has 1 aliphatic rings. The highest BCUT2D eigenvalue weighted by molar-refractivity contribution is 6.01. The SMILES string of the molecule is COc1ccc(C)cc1N1CC(C(=O)NCc2cccc(C(F)(F)F)c2)CC1=O. The van der Waals surface area contributed by atoms with E-state index in [-0.39, 0.29) is 31.3 Å². The molecule has 1 atom stereocenters. The fourth-order valence-corrected chi connectivity index (χ4v) is 3.32. The number of nitrogens with zero attached hydrogens (tertiary/aromatic N) is 1. The Labute approximate surface area is 166 Å². The number of carbonyl (C=O) groups excluding carboxylic acids is 2. The summed E-state index contributed by atoms with van der Waals surface area (Å²) in [7, 11) is 1.51. The molecule has 2 aromatic rings. The summed E-state index contributed by atoms with van der Waals surface area (Å²) in [6, 6.07) is 10.2. The van der Waals surface area contributed by atoms with Gasteiger partial charge in [-0.3, -0.25) is 9.59 Å². The molecule has 1 N–H and O–H groups in total. The Balaban J connectivity index is 1.66. The molecule has 1 saturated heterocycles. The van der Waals surface area contributed by atoms with Crippen LogP contribution in [0.2, 0.25) is 0 Å². The third-order valence-corrected chi connectivity index (χ3v) is 4.84. The predicted molar refractivity (Wildman–Crippen MR) is 101 cm³/mol. The zero-order chi connectivity index (χ0) is 21.2. The molecule has 5 nitrogen and oxygen atoms in total. The number of rotatable bonds is 5. The van der Waals surface area contributed by atoms with Crippen molar-refractivity contribution in [2.45, 2.75) is 26.1 Å². The average Bonchev–Trinajstić information content (AvgIpc) is 3.07. The van der Waals surface area contributed by atoms with E-state index in [0.29, 0.717) is 17.0 Å². The summed E-state index contributed by atoms with van der Waals surface area (Å²) in [5.74, 6) is -0.620. The molecular weight excluding hydrogens is 385 g/mol. The Morgan fingerprint density at radius 2 is 2.00 bits per heavy atom. The van der Waals surface area contributed by atoms with Crippen molar-refractivity contribution in [3.05, 3.63) is 59.2 Å². The number of aryl methyl sites for hydroxylation is 1. The highest BCUT2D eigenvalue weighted by Crippen LogP contribution is 2.34. The first kappa shape index (κ1) is 20.7. The monoisotopic (exact) mass is 406 g/mol. The quantitative estimate of drug-likeness (QED) is 0.824. The number of ether oxygens (including phenoxy) is 1. The molecule has 1 heterocycles. The molecule has 0 radical (unpaired) electrons. The van der Waals surface area contributed by atoms with Crippen LogP contribution >= 0.6 is 0 Å². The summed E-state index contributed by atoms with van der Waals surface area (Å²) in [5.41, 5.74) is 1.13. The first-order valence-corrected chi connectivity index (χ1v) is 9.08. The van der Waals surface area contributed by atoms with Crippen molar-refractivity contribution < 1.29 is 27.5 Å². The van der Waals surface area contributed by atoms with Crippen molar-refractivity contribution in [1.29, 1.82) is 0 Å². The molecule has 2 aromatic carbocycles. The molecule has 0 spiro atoms. The summed E-state index contributed by atoms with van der Waals surface area (Å²) in [6.45, 7) is 2.04. The Hall–Kier alpha value is -3.03. The van der Waals surface area contributed by atoms with Crippen molar-refractivity contribution in [3.63, 3.8) is 0 Å². The second-order valence-corrected chi connectivity index (χ2v) is 7.00. The van der Waals surface area contributed by atoms with Gasteiger partial charge >= 0.3 is 6.18 Å². The molecule has 1 fully saturated rings. The van der Waals surface area contributed by atoms with Gasteiger partial charge < -0.3 is 15.0 Å². The van der Waals surface area contributed by atoms with Gasteiger partial charge in [-0.15, -0.1) is 0 Å². The van der Waals surface area contributed by atoms with Crippen LogP contribution < -0.4 is 15.0 Å². The number of anilines is 1. The lowest BCUT2D eigenvalue weighted by Gasteiger charge is -2.20. The summed E-state index contributed by atoms with van der Waals surface area (Å²) < 4.78 is 43.7. The van der Waals surface area contributed by atoms with Gasteiger partial charge in [0.05, 0.1) is 24.3 Å². The largest absolute Gasteiger partial charge is 0.495 e. The Kier molecular flexibility index (Phi) is 5.81. The number of methoxy groups -OCH3 is 1. The average molecular weight is 406 g/mol. The van der Waals surface area contributed by atoms with Gasteiger partial charge in [0.1, 0.15) is 5.75 Å². The summed E-state index contributed by atoms with van der Waals surface area (Å²) in [6.07, 6.45) is -4.41. The third-order valence-electron chi connectivity index (χ3n) is 4.84. The maximum atomic E-state index is 12.8. The van der Waals surface area contributed by atoms with Crippen LogP contribution in [0.5, 0.6) is 5.75 Å². The first-order valence-electron chi connectivity index (χ1n) is 9.08. The van der Waals surface area contributed by atoms with Gasteiger partial charge in [-0.1, -0.05) is 18.2 Å². The smallest absolute Gasteiger partial charge is 0.416 e. The molecule has 0 bridgehead atoms. The number of amides is 2. The fraction of sp³-hybridized carbons (Fsp3) is 0.333. The van der Waals surface area contributed by atoms with E-state index in [1.54, 1.807) is 6.07 Å². The molecule has 1 unspecified atom stereocenters. The minimum Gasteiger partial charge on any atom is -0.495 e. The molecule has 29 heavy (non-hydrogen) atoms. The van der Waals surface area contributed by atoms with Crippen LogP contribution in [0.25, 0.3) is 0 Å². The topological polar surface area (TPSA) is 58.6 Å². The van der Waals surface area contributed by atoms with Crippen LogP contribution in [-0.4, -0.2) is 25.5 Å². The van der Waals surface area contributed by atoms with Crippen LogP contribution in [0.4, 0.5) is 18.9 Å². The maximum absolute atomic E-state index is 12.8. The number of benzene rings is 2. The molecule has 1 aliphatic heterocycles. The van der Waals surface area contributed by atoms with E-state index < -0.39 is 17.7 Å². The highest BCUT2D eigenvalue weighted by atomic mass is 19.4. The molecule has 0 aromatic heterocycles. The number of alkyl halides is 3. The zero-order valence-corrected chi connectivity index (χ0v) is 16.0. The fourth-order valence-electron chi connectivity index (χ4n) is 3.32. The molecule has 2 amide bonds. The van der Waals surface area contributed by atoms with Crippen LogP contribution in [0.1, 0.15) is 23.1 Å². The van der Waals surface area contributed by atoms with Gasteiger partial charge in [0, 0.05) is 19.5 Å². The van der Waals surface area contributed by atoms with Crippen molar-refractivity contribution >= 4 is 17.5 Å². The second kappa shape index (κ2) is 8.14. The Morgan fingerprint density at radius 1 is 1.24 bits per heavy atom. The van der Waals surface area contributed by atoms with Gasteiger partial charge in [-0.05, 0) is 42.3 Å². The van der Waals surface area contributed by atoms with Crippen LogP contribution in [-0.2, 0) is 22.3 Å². The molecule has 0 aliphatic carbocycles. The summed E-state index contributed by atoms with van der Waals surface area (Å²) in [5, 5.41) is 2.64. The number of hydrogen-bond acceptors (Lipinski definition) is 3. The van der Waals surface area contributed by atoms with Gasteiger partial charge in [-0.25, -0.2) is 0 Å². The maximum Gasteiger partial charge on any atom is 0.416 e. The predicted octanol–water partition coefficient (Wildman–Crippen LogP) is 3.69. The van der Waals surface area contributed by atoms with Gasteiger partial charge in [0.25, 0.3) is 0 Å². The van der Waals surface area contributed by atoms with E-state index in [1.807, 2.05) is 19.1 Å². The van der Waals surface area contributed by atoms with Crippen molar-refractivity contribution in [2.24, 2.45) is 5.92 Å². The van der Waals surface area contributed by atoms with Gasteiger partial charge in [-0.2, -0.15) is 13.2 Å². The third kappa shape index (κ3) is 4.70. The first-order chi connectivity index (χ1) is 13.7. The van der Waals surface area contributed by atoms with E-state index in [0.717, 1.165) is 17.7 Å². The number of carbonyl (C=O) groups is 2. The van der Waals surface area contributed by atoms with E-state index in [2.05, 4.69) is 5.32 Å². The van der Waals surface area contributed by atoms with Crippen LogP contribution in [0.3, 0.4) is 0 Å². The lowest BCUT2D eigenvalue weighted by atomic mass is 10.1. The van der Waals surface area contributed by atoms with Gasteiger partial charge in [0.2, 0.25) is 11.8 Å². The van der Waals surface area contributed by atoms with E-state index in [4.69, 9.17) is 4.74 Å². The summed E-state index contributed by atoms with van der Waals surface area (Å²) >= 11 is 0. The van der Waals surface area contributed by atoms with E-state index in [9.17, 15) is 22.8 Å². The number of nitrogens with one attached hydrogen (secondary N) is 1. The van der Waals surface area contributed by atoms with Crippen molar-refractivity contribution in [1.82, 2.24) is 5.32 Å². The van der Waals surface area contributed by atoms with E-state index in [1.165, 1.54) is 24.1 Å². The minimum absolute atomic E-state index is 0.0333. The standard InChI is InChI=1S/C21H21F3N2O3/c1-13-6-7-18(29-2)17(8-13)26-12-15(10-19(26)27)20(28)25-11-14-4-3-5-16(9-14)21(22,23)24/h3-9,15H,10-12H2,1-2H3,(H,25,28). The van der Waals surface area contributed by atoms with Crippen LogP contribution in [0, 0.1) is 12.8 Å². The minimum atomic E-state index is -4.44. The lowest BCUT2D eigenvalue weighted by molar-refractivity contribution is -0.137. The Bertz CT molecular complexity index is 928. The molecule has 8 heteroatoms. The second-order valence-electron chi connectivity index (χ2n) is 7.00.